The summed E-state index contributed by atoms with van der Waals surface area (Å²) in [6, 6.07) is 11.7. The Bertz CT molecular complexity index is 854. The molecule has 2 heterocycles. The van der Waals surface area contributed by atoms with Gasteiger partial charge < -0.3 is 15.0 Å². The molecule has 0 aliphatic heterocycles. The Morgan fingerprint density at radius 1 is 1.30 bits per heavy atom. The number of carbonyl (C=O) groups excluding carboxylic acids is 1. The summed E-state index contributed by atoms with van der Waals surface area (Å²) in [4.78, 5) is 15.8. The van der Waals surface area contributed by atoms with E-state index in [1.165, 1.54) is 0 Å². The third-order valence-corrected chi connectivity index (χ3v) is 4.06. The number of ether oxygens (including phenoxy) is 1. The minimum atomic E-state index is -0.340. The van der Waals surface area contributed by atoms with E-state index >= 15 is 0 Å². The zero-order chi connectivity index (χ0) is 16.4. The van der Waals surface area contributed by atoms with Crippen LogP contribution in [0.5, 0.6) is 5.75 Å². The molecule has 2 N–H and O–H groups in total. The van der Waals surface area contributed by atoms with Crippen molar-refractivity contribution in [3.63, 3.8) is 0 Å². The van der Waals surface area contributed by atoms with Gasteiger partial charge >= 0.3 is 0 Å². The van der Waals surface area contributed by atoms with Crippen molar-refractivity contribution < 1.29 is 9.53 Å². The summed E-state index contributed by atoms with van der Waals surface area (Å²) in [5.74, 6) is 0.422. The van der Waals surface area contributed by atoms with Crippen LogP contribution in [-0.4, -0.2) is 22.6 Å². The number of rotatable bonds is 5. The molecule has 23 heavy (non-hydrogen) atoms. The third kappa shape index (κ3) is 2.90. The second-order valence-electron chi connectivity index (χ2n) is 5.50. The van der Waals surface area contributed by atoms with E-state index < -0.39 is 0 Å². The van der Waals surface area contributed by atoms with E-state index in [4.69, 9.17) is 10.5 Å². The van der Waals surface area contributed by atoms with Gasteiger partial charge in [0.1, 0.15) is 5.75 Å². The van der Waals surface area contributed by atoms with Gasteiger partial charge in [-0.05, 0) is 42.8 Å². The third-order valence-electron chi connectivity index (χ3n) is 4.06. The zero-order valence-electron chi connectivity index (χ0n) is 13.2. The molecular formula is C18H19N3O2. The van der Waals surface area contributed by atoms with Gasteiger partial charge in [-0.1, -0.05) is 6.07 Å². The highest BCUT2D eigenvalue weighted by Crippen LogP contribution is 2.30. The van der Waals surface area contributed by atoms with Crippen LogP contribution in [0.4, 0.5) is 0 Å². The van der Waals surface area contributed by atoms with Crippen LogP contribution in [-0.2, 0) is 17.8 Å². The van der Waals surface area contributed by atoms with Gasteiger partial charge in [0.05, 0.1) is 25.8 Å². The average molecular weight is 309 g/mol. The van der Waals surface area contributed by atoms with Gasteiger partial charge in [-0.25, -0.2) is 0 Å². The van der Waals surface area contributed by atoms with Crippen molar-refractivity contribution in [2.45, 2.75) is 19.9 Å². The molecule has 0 radical (unpaired) electrons. The number of nitrogens with two attached hydrogens (primary N) is 1. The van der Waals surface area contributed by atoms with Crippen molar-refractivity contribution in [2.24, 2.45) is 5.73 Å². The molecule has 5 heteroatoms. The number of aromatic nitrogens is 2. The topological polar surface area (TPSA) is 70.1 Å². The Balaban J connectivity index is 2.17. The van der Waals surface area contributed by atoms with Crippen molar-refractivity contribution in [3.8, 4) is 5.75 Å². The lowest BCUT2D eigenvalue weighted by Gasteiger charge is -2.08. The normalized spacial score (nSPS) is 10.9. The molecule has 0 atom stereocenters. The summed E-state index contributed by atoms with van der Waals surface area (Å²) in [5.41, 5.74) is 9.41. The number of fused-ring (bicyclic) bond motifs is 1. The van der Waals surface area contributed by atoms with E-state index in [9.17, 15) is 4.79 Å². The average Bonchev–Trinajstić information content (AvgIpc) is 2.80. The number of hydrogen-bond acceptors (Lipinski definition) is 3. The first-order valence-corrected chi connectivity index (χ1v) is 7.44. The lowest BCUT2D eigenvalue weighted by atomic mass is 10.1. The number of pyridine rings is 1. The Morgan fingerprint density at radius 3 is 2.78 bits per heavy atom. The highest BCUT2D eigenvalue weighted by molar-refractivity contribution is 5.91. The summed E-state index contributed by atoms with van der Waals surface area (Å²) >= 11 is 0. The van der Waals surface area contributed by atoms with Crippen molar-refractivity contribution in [1.82, 2.24) is 9.55 Å². The fraction of sp³-hybridized carbons (Fsp3) is 0.222. The SMILES string of the molecule is COc1ccc2c(c1)c(CC(N)=O)c(C)n2Cc1ccccn1. The van der Waals surface area contributed by atoms with Crippen LogP contribution in [0.25, 0.3) is 10.9 Å². The maximum atomic E-state index is 11.5. The maximum absolute atomic E-state index is 11.5. The molecule has 3 aromatic rings. The molecule has 3 rings (SSSR count). The number of amides is 1. The highest BCUT2D eigenvalue weighted by Gasteiger charge is 2.16. The molecule has 1 amide bonds. The van der Waals surface area contributed by atoms with E-state index in [0.717, 1.165) is 33.6 Å². The molecule has 0 saturated carbocycles. The molecule has 0 unspecified atom stereocenters. The molecule has 0 saturated heterocycles. The second-order valence-corrected chi connectivity index (χ2v) is 5.50. The van der Waals surface area contributed by atoms with Gasteiger partial charge in [-0.3, -0.25) is 9.78 Å². The lowest BCUT2D eigenvalue weighted by molar-refractivity contribution is -0.117. The van der Waals surface area contributed by atoms with E-state index in [2.05, 4.69) is 9.55 Å². The number of nitrogens with zero attached hydrogens (tertiary/aromatic N) is 2. The first-order chi connectivity index (χ1) is 11.1. The van der Waals surface area contributed by atoms with Crippen molar-refractivity contribution >= 4 is 16.8 Å². The van der Waals surface area contributed by atoms with Gasteiger partial charge in [-0.2, -0.15) is 0 Å². The summed E-state index contributed by atoms with van der Waals surface area (Å²) in [6.45, 7) is 2.65. The first kappa shape index (κ1) is 15.1. The quantitative estimate of drug-likeness (QED) is 0.787. The van der Waals surface area contributed by atoms with Gasteiger partial charge in [0.15, 0.2) is 0 Å². The minimum Gasteiger partial charge on any atom is -0.497 e. The Morgan fingerprint density at radius 2 is 2.13 bits per heavy atom. The number of benzene rings is 1. The number of methoxy groups -OCH3 is 1. The lowest BCUT2D eigenvalue weighted by Crippen LogP contribution is -2.14. The monoisotopic (exact) mass is 309 g/mol. The number of carbonyl (C=O) groups is 1. The molecular weight excluding hydrogens is 290 g/mol. The fourth-order valence-electron chi connectivity index (χ4n) is 2.91. The molecule has 2 aromatic heterocycles. The largest absolute Gasteiger partial charge is 0.497 e. The molecule has 118 valence electrons. The molecule has 0 bridgehead atoms. The first-order valence-electron chi connectivity index (χ1n) is 7.44. The van der Waals surface area contributed by atoms with E-state index in [1.807, 2.05) is 43.3 Å². The standard InChI is InChI=1S/C18H19N3O2/c1-12-15(10-18(19)22)16-9-14(23-2)6-7-17(16)21(12)11-13-5-3-4-8-20-13/h3-9H,10-11H2,1-2H3,(H2,19,22). The Hall–Kier alpha value is -2.82. The van der Waals surface area contributed by atoms with Crippen LogP contribution in [0.3, 0.4) is 0 Å². The van der Waals surface area contributed by atoms with Crippen LogP contribution in [0, 0.1) is 6.92 Å². The smallest absolute Gasteiger partial charge is 0.221 e. The minimum absolute atomic E-state index is 0.213. The van der Waals surface area contributed by atoms with Crippen LogP contribution in [0.1, 0.15) is 17.0 Å². The molecule has 0 aliphatic carbocycles. The van der Waals surface area contributed by atoms with Crippen molar-refractivity contribution in [2.75, 3.05) is 7.11 Å². The van der Waals surface area contributed by atoms with E-state index in [1.54, 1.807) is 13.3 Å². The number of hydrogen-bond donors (Lipinski definition) is 1. The highest BCUT2D eigenvalue weighted by atomic mass is 16.5. The van der Waals surface area contributed by atoms with Crippen LogP contribution in [0.15, 0.2) is 42.6 Å². The van der Waals surface area contributed by atoms with E-state index in [0.29, 0.717) is 6.54 Å². The summed E-state index contributed by atoms with van der Waals surface area (Å²) < 4.78 is 7.47. The summed E-state index contributed by atoms with van der Waals surface area (Å²) in [6.07, 6.45) is 1.99. The molecule has 0 spiro atoms. The number of primary amides is 1. The fourth-order valence-corrected chi connectivity index (χ4v) is 2.91. The van der Waals surface area contributed by atoms with Crippen LogP contribution in [0.2, 0.25) is 0 Å². The molecule has 0 aliphatic rings. The summed E-state index contributed by atoms with van der Waals surface area (Å²) in [5, 5.41) is 0.997. The summed E-state index contributed by atoms with van der Waals surface area (Å²) in [7, 11) is 1.63. The maximum Gasteiger partial charge on any atom is 0.221 e. The van der Waals surface area contributed by atoms with Crippen LogP contribution >= 0.6 is 0 Å². The zero-order valence-corrected chi connectivity index (χ0v) is 13.2. The molecule has 0 fully saturated rings. The van der Waals surface area contributed by atoms with Gasteiger partial charge in [0.2, 0.25) is 5.91 Å². The van der Waals surface area contributed by atoms with Crippen LogP contribution < -0.4 is 10.5 Å². The van der Waals surface area contributed by atoms with Gasteiger partial charge in [0.25, 0.3) is 0 Å². The van der Waals surface area contributed by atoms with Crippen molar-refractivity contribution in [3.05, 3.63) is 59.5 Å². The Kier molecular flexibility index (Phi) is 4.02. The molecule has 1 aromatic carbocycles. The Labute approximate surface area is 134 Å². The van der Waals surface area contributed by atoms with E-state index in [-0.39, 0.29) is 12.3 Å². The van der Waals surface area contributed by atoms with Gasteiger partial charge in [-0.15, -0.1) is 0 Å². The predicted molar refractivity (Wildman–Crippen MR) is 89.5 cm³/mol. The van der Waals surface area contributed by atoms with Gasteiger partial charge in [0, 0.05) is 22.8 Å². The van der Waals surface area contributed by atoms with Crippen molar-refractivity contribution in [1.29, 1.82) is 0 Å². The molecule has 5 nitrogen and oxygen atoms in total. The predicted octanol–water partition coefficient (Wildman–Crippen LogP) is 2.43. The second kappa shape index (κ2) is 6.12.